The monoisotopic (exact) mass is 238 g/mol. The standard InChI is InChI=1S/C11H14N2O4/c12-9(10(13)11(14)15)6-1-2-7-8(5-6)17-4-3-16-7/h1-2,5,9-10H,3-4,12-13H2,(H,14,15). The maximum absolute atomic E-state index is 10.7. The van der Waals surface area contributed by atoms with Crippen molar-refractivity contribution in [2.24, 2.45) is 11.5 Å². The molecule has 5 N–H and O–H groups in total. The van der Waals surface area contributed by atoms with Gasteiger partial charge in [-0.05, 0) is 17.7 Å². The third-order valence-corrected chi connectivity index (χ3v) is 2.62. The molecule has 1 aliphatic heterocycles. The lowest BCUT2D eigenvalue weighted by molar-refractivity contribution is -0.139. The highest BCUT2D eigenvalue weighted by atomic mass is 16.6. The number of ether oxygens (including phenoxy) is 2. The molecule has 0 spiro atoms. The van der Waals surface area contributed by atoms with Crippen LogP contribution in [0.4, 0.5) is 0 Å². The third-order valence-electron chi connectivity index (χ3n) is 2.62. The second-order valence-electron chi connectivity index (χ2n) is 3.79. The maximum atomic E-state index is 10.7. The number of aliphatic carboxylic acids is 1. The second-order valence-corrected chi connectivity index (χ2v) is 3.79. The zero-order valence-corrected chi connectivity index (χ0v) is 9.13. The van der Waals surface area contributed by atoms with Crippen LogP contribution in [0.1, 0.15) is 11.6 Å². The van der Waals surface area contributed by atoms with Crippen LogP contribution in [0.25, 0.3) is 0 Å². The molecular formula is C11H14N2O4. The maximum Gasteiger partial charge on any atom is 0.322 e. The third kappa shape index (κ3) is 2.32. The van der Waals surface area contributed by atoms with Crippen molar-refractivity contribution in [3.8, 4) is 11.5 Å². The Morgan fingerprint density at radius 3 is 2.53 bits per heavy atom. The number of hydrogen-bond donors (Lipinski definition) is 3. The largest absolute Gasteiger partial charge is 0.486 e. The highest BCUT2D eigenvalue weighted by molar-refractivity contribution is 5.74. The van der Waals surface area contributed by atoms with E-state index in [1.807, 2.05) is 0 Å². The lowest BCUT2D eigenvalue weighted by atomic mass is 10.0. The quantitative estimate of drug-likeness (QED) is 0.677. The first-order chi connectivity index (χ1) is 8.09. The molecule has 0 aromatic heterocycles. The van der Waals surface area contributed by atoms with E-state index in [-0.39, 0.29) is 0 Å². The van der Waals surface area contributed by atoms with E-state index in [0.29, 0.717) is 30.3 Å². The molecule has 6 heteroatoms. The number of benzene rings is 1. The van der Waals surface area contributed by atoms with Gasteiger partial charge in [-0.2, -0.15) is 0 Å². The van der Waals surface area contributed by atoms with E-state index in [1.54, 1.807) is 18.2 Å². The average Bonchev–Trinajstić information content (AvgIpc) is 2.36. The van der Waals surface area contributed by atoms with Crippen LogP contribution in [0.5, 0.6) is 11.5 Å². The molecule has 1 aromatic rings. The summed E-state index contributed by atoms with van der Waals surface area (Å²) in [4.78, 5) is 10.7. The highest BCUT2D eigenvalue weighted by Gasteiger charge is 2.23. The first kappa shape index (κ1) is 11.7. The molecule has 92 valence electrons. The number of hydrogen-bond acceptors (Lipinski definition) is 5. The summed E-state index contributed by atoms with van der Waals surface area (Å²) < 4.78 is 10.7. The molecule has 17 heavy (non-hydrogen) atoms. The van der Waals surface area contributed by atoms with Crippen LogP contribution in [-0.4, -0.2) is 30.3 Å². The van der Waals surface area contributed by atoms with Gasteiger partial charge < -0.3 is 26.0 Å². The van der Waals surface area contributed by atoms with Crippen molar-refractivity contribution in [3.05, 3.63) is 23.8 Å². The number of carboxylic acid groups (broad SMARTS) is 1. The van der Waals surface area contributed by atoms with Crippen LogP contribution in [0, 0.1) is 0 Å². The van der Waals surface area contributed by atoms with Crippen LogP contribution < -0.4 is 20.9 Å². The zero-order valence-electron chi connectivity index (χ0n) is 9.13. The van der Waals surface area contributed by atoms with Gasteiger partial charge >= 0.3 is 5.97 Å². The molecular weight excluding hydrogens is 224 g/mol. The number of carboxylic acids is 1. The number of rotatable bonds is 3. The Hall–Kier alpha value is -1.79. The fourth-order valence-electron chi connectivity index (χ4n) is 1.63. The van der Waals surface area contributed by atoms with Crippen molar-refractivity contribution in [2.75, 3.05) is 13.2 Å². The van der Waals surface area contributed by atoms with E-state index in [9.17, 15) is 4.79 Å². The van der Waals surface area contributed by atoms with Crippen LogP contribution >= 0.6 is 0 Å². The molecule has 2 rings (SSSR count). The summed E-state index contributed by atoms with van der Waals surface area (Å²) in [7, 11) is 0. The van der Waals surface area contributed by atoms with Gasteiger partial charge in [-0.1, -0.05) is 6.07 Å². The minimum absolute atomic E-state index is 0.469. The minimum Gasteiger partial charge on any atom is -0.486 e. The average molecular weight is 238 g/mol. The number of nitrogens with two attached hydrogens (primary N) is 2. The summed E-state index contributed by atoms with van der Waals surface area (Å²) in [5.74, 6) is 0.0743. The Morgan fingerprint density at radius 1 is 1.24 bits per heavy atom. The molecule has 2 atom stereocenters. The van der Waals surface area contributed by atoms with E-state index in [2.05, 4.69) is 0 Å². The van der Waals surface area contributed by atoms with Gasteiger partial charge in [0.15, 0.2) is 11.5 Å². The molecule has 6 nitrogen and oxygen atoms in total. The van der Waals surface area contributed by atoms with Gasteiger partial charge in [-0.15, -0.1) is 0 Å². The van der Waals surface area contributed by atoms with Crippen LogP contribution in [0.3, 0.4) is 0 Å². The molecule has 0 bridgehead atoms. The minimum atomic E-state index is -1.14. The van der Waals surface area contributed by atoms with Gasteiger partial charge in [0.1, 0.15) is 19.3 Å². The molecule has 0 aliphatic carbocycles. The molecule has 1 aliphatic rings. The van der Waals surface area contributed by atoms with Crippen molar-refractivity contribution in [2.45, 2.75) is 12.1 Å². The zero-order chi connectivity index (χ0) is 12.4. The molecule has 0 amide bonds. The second kappa shape index (κ2) is 4.60. The molecule has 0 saturated heterocycles. The molecule has 1 aromatic carbocycles. The molecule has 1 heterocycles. The highest BCUT2D eigenvalue weighted by Crippen LogP contribution is 2.32. The van der Waals surface area contributed by atoms with Crippen LogP contribution in [-0.2, 0) is 4.79 Å². The normalized spacial score (nSPS) is 17.3. The summed E-state index contributed by atoms with van der Waals surface area (Å²) in [5, 5.41) is 8.79. The smallest absolute Gasteiger partial charge is 0.322 e. The van der Waals surface area contributed by atoms with Gasteiger partial charge in [-0.3, -0.25) is 4.79 Å². The van der Waals surface area contributed by atoms with Gasteiger partial charge in [0.25, 0.3) is 0 Å². The topological polar surface area (TPSA) is 108 Å². The van der Waals surface area contributed by atoms with Gasteiger partial charge in [0, 0.05) is 0 Å². The fraction of sp³-hybridized carbons (Fsp3) is 0.364. The predicted octanol–water partition coefficient (Wildman–Crippen LogP) is -0.131. The van der Waals surface area contributed by atoms with Crippen LogP contribution in [0.2, 0.25) is 0 Å². The van der Waals surface area contributed by atoms with Crippen molar-refractivity contribution in [1.82, 2.24) is 0 Å². The summed E-state index contributed by atoms with van der Waals surface area (Å²) in [5.41, 5.74) is 11.9. The van der Waals surface area contributed by atoms with Crippen molar-refractivity contribution < 1.29 is 19.4 Å². The molecule has 0 radical (unpaired) electrons. The Balaban J connectivity index is 2.24. The molecule has 0 saturated carbocycles. The lowest BCUT2D eigenvalue weighted by Gasteiger charge is -2.21. The van der Waals surface area contributed by atoms with E-state index < -0.39 is 18.1 Å². The van der Waals surface area contributed by atoms with Gasteiger partial charge in [0.05, 0.1) is 6.04 Å². The Morgan fingerprint density at radius 2 is 1.88 bits per heavy atom. The summed E-state index contributed by atoms with van der Waals surface area (Å²) in [6.45, 7) is 0.976. The van der Waals surface area contributed by atoms with Gasteiger partial charge in [0.2, 0.25) is 0 Å². The molecule has 0 fully saturated rings. The van der Waals surface area contributed by atoms with E-state index in [0.717, 1.165) is 0 Å². The van der Waals surface area contributed by atoms with E-state index >= 15 is 0 Å². The predicted molar refractivity (Wildman–Crippen MR) is 60.0 cm³/mol. The SMILES string of the molecule is NC(C(=O)O)C(N)c1ccc2c(c1)OCCO2. The van der Waals surface area contributed by atoms with Crippen molar-refractivity contribution in [1.29, 1.82) is 0 Å². The number of fused-ring (bicyclic) bond motifs is 1. The Kier molecular flexibility index (Phi) is 3.16. The summed E-state index contributed by atoms with van der Waals surface area (Å²) in [6, 6.07) is 3.15. The van der Waals surface area contributed by atoms with Crippen LogP contribution in [0.15, 0.2) is 18.2 Å². The first-order valence-electron chi connectivity index (χ1n) is 5.23. The number of carbonyl (C=O) groups is 1. The van der Waals surface area contributed by atoms with E-state index in [4.69, 9.17) is 26.0 Å². The first-order valence-corrected chi connectivity index (χ1v) is 5.23. The lowest BCUT2D eigenvalue weighted by Crippen LogP contribution is -2.40. The Labute approximate surface area is 98.1 Å². The van der Waals surface area contributed by atoms with Crippen molar-refractivity contribution in [3.63, 3.8) is 0 Å². The molecule has 2 unspecified atom stereocenters. The summed E-state index contributed by atoms with van der Waals surface area (Å²) in [6.07, 6.45) is 0. The van der Waals surface area contributed by atoms with Gasteiger partial charge in [-0.25, -0.2) is 0 Å². The van der Waals surface area contributed by atoms with E-state index in [1.165, 1.54) is 0 Å². The summed E-state index contributed by atoms with van der Waals surface area (Å²) >= 11 is 0. The van der Waals surface area contributed by atoms with Crippen molar-refractivity contribution >= 4 is 5.97 Å². The fourth-order valence-corrected chi connectivity index (χ4v) is 1.63. The Bertz CT molecular complexity index is 435.